The summed E-state index contributed by atoms with van der Waals surface area (Å²) in [6.07, 6.45) is 2.78. The third-order valence-corrected chi connectivity index (χ3v) is 2.90. The maximum Gasteiger partial charge on any atom is 0.122 e. The lowest BCUT2D eigenvalue weighted by atomic mass is 10.0. The fourth-order valence-corrected chi connectivity index (χ4v) is 1.93. The van der Waals surface area contributed by atoms with Gasteiger partial charge in [0.1, 0.15) is 5.75 Å². The van der Waals surface area contributed by atoms with E-state index < -0.39 is 0 Å². The molecule has 3 heteroatoms. The lowest BCUT2D eigenvalue weighted by Gasteiger charge is -2.15. The van der Waals surface area contributed by atoms with Gasteiger partial charge in [0.25, 0.3) is 0 Å². The molecule has 3 nitrogen and oxygen atoms in total. The average molecular weight is 251 g/mol. The zero-order chi connectivity index (χ0) is 13.4. The zero-order valence-electron chi connectivity index (χ0n) is 11.7. The predicted octanol–water partition coefficient (Wildman–Crippen LogP) is 2.69. The van der Waals surface area contributed by atoms with Gasteiger partial charge in [-0.25, -0.2) is 0 Å². The number of hydrogen-bond acceptors (Lipinski definition) is 3. The number of hydrogen-bond donors (Lipinski definition) is 1. The number of benzene rings is 1. The molecule has 0 aliphatic heterocycles. The molecule has 1 unspecified atom stereocenters. The molecule has 0 bridgehead atoms. The highest BCUT2D eigenvalue weighted by molar-refractivity contribution is 5.37. The number of ether oxygens (including phenoxy) is 2. The molecule has 1 aromatic rings. The molecule has 0 fully saturated rings. The second-order valence-corrected chi connectivity index (χ2v) is 4.68. The third-order valence-electron chi connectivity index (χ3n) is 2.90. The van der Waals surface area contributed by atoms with Crippen molar-refractivity contribution >= 4 is 0 Å². The fraction of sp³-hybridized carbons (Fsp3) is 0.600. The average Bonchev–Trinajstić information content (AvgIpc) is 2.35. The van der Waals surface area contributed by atoms with Crippen LogP contribution in [0.2, 0.25) is 0 Å². The largest absolute Gasteiger partial charge is 0.496 e. The lowest BCUT2D eigenvalue weighted by molar-refractivity contribution is 0.127. The molecule has 0 saturated carbocycles. The van der Waals surface area contributed by atoms with Gasteiger partial charge in [-0.05, 0) is 37.8 Å². The van der Waals surface area contributed by atoms with Crippen LogP contribution in [0.5, 0.6) is 5.75 Å². The lowest BCUT2D eigenvalue weighted by Crippen LogP contribution is -2.25. The van der Waals surface area contributed by atoms with E-state index in [1.807, 2.05) is 6.07 Å². The van der Waals surface area contributed by atoms with E-state index >= 15 is 0 Å². The van der Waals surface area contributed by atoms with Crippen LogP contribution < -0.4 is 10.5 Å². The van der Waals surface area contributed by atoms with Crippen LogP contribution in [0, 0.1) is 6.92 Å². The first-order chi connectivity index (χ1) is 8.67. The minimum atomic E-state index is 0.123. The number of nitrogens with two attached hydrogens (primary N) is 1. The molecular weight excluding hydrogens is 226 g/mol. The van der Waals surface area contributed by atoms with Crippen LogP contribution >= 0.6 is 0 Å². The maximum atomic E-state index is 6.13. The molecule has 2 N–H and O–H groups in total. The van der Waals surface area contributed by atoms with Gasteiger partial charge in [0, 0.05) is 19.3 Å². The van der Waals surface area contributed by atoms with E-state index in [-0.39, 0.29) is 6.04 Å². The first-order valence-corrected chi connectivity index (χ1v) is 6.64. The van der Waals surface area contributed by atoms with E-state index in [1.165, 1.54) is 11.1 Å². The topological polar surface area (TPSA) is 44.5 Å². The summed E-state index contributed by atoms with van der Waals surface area (Å²) >= 11 is 0. The summed E-state index contributed by atoms with van der Waals surface area (Å²) in [5, 5.41) is 0. The summed E-state index contributed by atoms with van der Waals surface area (Å²) in [6.45, 7) is 5.75. The Hall–Kier alpha value is -1.06. The highest BCUT2D eigenvalue weighted by Gasteiger charge is 2.09. The van der Waals surface area contributed by atoms with Crippen molar-refractivity contribution in [3.05, 3.63) is 29.3 Å². The molecule has 0 aliphatic rings. The maximum absolute atomic E-state index is 6.13. The first kappa shape index (κ1) is 15.0. The molecule has 0 saturated heterocycles. The van der Waals surface area contributed by atoms with Crippen molar-refractivity contribution < 1.29 is 9.47 Å². The van der Waals surface area contributed by atoms with Gasteiger partial charge >= 0.3 is 0 Å². The van der Waals surface area contributed by atoms with E-state index in [1.54, 1.807) is 7.11 Å². The highest BCUT2D eigenvalue weighted by atomic mass is 16.5. The summed E-state index contributed by atoms with van der Waals surface area (Å²) < 4.78 is 10.8. The molecule has 0 aromatic heterocycles. The molecule has 0 heterocycles. The van der Waals surface area contributed by atoms with Crippen molar-refractivity contribution in [3.8, 4) is 5.75 Å². The Morgan fingerprint density at radius 2 is 2.06 bits per heavy atom. The number of aryl methyl sites for hydroxylation is 1. The van der Waals surface area contributed by atoms with Crippen LogP contribution in [0.4, 0.5) is 0 Å². The first-order valence-electron chi connectivity index (χ1n) is 6.64. The SMILES string of the molecule is CCCOCCC(N)Cc1cc(C)ccc1OC. The molecule has 102 valence electrons. The third kappa shape index (κ3) is 5.07. The van der Waals surface area contributed by atoms with Crippen molar-refractivity contribution in [2.75, 3.05) is 20.3 Å². The number of rotatable bonds is 8. The second kappa shape index (κ2) is 8.11. The second-order valence-electron chi connectivity index (χ2n) is 4.68. The molecule has 1 rings (SSSR count). The van der Waals surface area contributed by atoms with Gasteiger partial charge in [-0.2, -0.15) is 0 Å². The van der Waals surface area contributed by atoms with Crippen molar-refractivity contribution in [1.29, 1.82) is 0 Å². The van der Waals surface area contributed by atoms with E-state index in [4.69, 9.17) is 15.2 Å². The van der Waals surface area contributed by atoms with Crippen LogP contribution in [0.1, 0.15) is 30.9 Å². The van der Waals surface area contributed by atoms with Crippen LogP contribution in [-0.4, -0.2) is 26.4 Å². The van der Waals surface area contributed by atoms with E-state index in [2.05, 4.69) is 26.0 Å². The quantitative estimate of drug-likeness (QED) is 0.722. The molecule has 1 aromatic carbocycles. The summed E-state index contributed by atoms with van der Waals surface area (Å²) in [4.78, 5) is 0. The molecule has 0 spiro atoms. The van der Waals surface area contributed by atoms with Crippen molar-refractivity contribution in [2.24, 2.45) is 5.73 Å². The van der Waals surface area contributed by atoms with Gasteiger partial charge in [-0.1, -0.05) is 24.6 Å². The Balaban J connectivity index is 2.47. The monoisotopic (exact) mass is 251 g/mol. The Kier molecular flexibility index (Phi) is 6.76. The Morgan fingerprint density at radius 1 is 1.28 bits per heavy atom. The Bertz CT molecular complexity index is 352. The van der Waals surface area contributed by atoms with Gasteiger partial charge in [-0.15, -0.1) is 0 Å². The summed E-state index contributed by atoms with van der Waals surface area (Å²) in [7, 11) is 1.70. The molecule has 18 heavy (non-hydrogen) atoms. The summed E-state index contributed by atoms with van der Waals surface area (Å²) in [5.74, 6) is 0.922. The van der Waals surface area contributed by atoms with E-state index in [0.29, 0.717) is 0 Å². The smallest absolute Gasteiger partial charge is 0.122 e. The Morgan fingerprint density at radius 3 is 2.72 bits per heavy atom. The van der Waals surface area contributed by atoms with Gasteiger partial charge in [0.15, 0.2) is 0 Å². The standard InChI is InChI=1S/C15H25NO2/c1-4-8-18-9-7-14(16)11-13-10-12(2)5-6-15(13)17-3/h5-6,10,14H,4,7-9,11,16H2,1-3H3. The molecular formula is C15H25NO2. The summed E-state index contributed by atoms with van der Waals surface area (Å²) in [6, 6.07) is 6.33. The highest BCUT2D eigenvalue weighted by Crippen LogP contribution is 2.21. The molecule has 0 radical (unpaired) electrons. The molecule has 1 atom stereocenters. The minimum absolute atomic E-state index is 0.123. The fourth-order valence-electron chi connectivity index (χ4n) is 1.93. The van der Waals surface area contributed by atoms with Gasteiger partial charge in [0.05, 0.1) is 7.11 Å². The van der Waals surface area contributed by atoms with Crippen LogP contribution in [-0.2, 0) is 11.2 Å². The molecule has 0 aliphatic carbocycles. The van der Waals surface area contributed by atoms with Crippen LogP contribution in [0.15, 0.2) is 18.2 Å². The van der Waals surface area contributed by atoms with Crippen LogP contribution in [0.25, 0.3) is 0 Å². The van der Waals surface area contributed by atoms with Crippen molar-refractivity contribution in [1.82, 2.24) is 0 Å². The Labute approximate surface area is 110 Å². The van der Waals surface area contributed by atoms with Crippen molar-refractivity contribution in [2.45, 2.75) is 39.2 Å². The van der Waals surface area contributed by atoms with Gasteiger partial charge in [-0.3, -0.25) is 0 Å². The summed E-state index contributed by atoms with van der Waals surface area (Å²) in [5.41, 5.74) is 8.54. The van der Waals surface area contributed by atoms with Crippen molar-refractivity contribution in [3.63, 3.8) is 0 Å². The normalized spacial score (nSPS) is 12.4. The molecule has 0 amide bonds. The minimum Gasteiger partial charge on any atom is -0.496 e. The van der Waals surface area contributed by atoms with Crippen LogP contribution in [0.3, 0.4) is 0 Å². The van der Waals surface area contributed by atoms with E-state index in [0.717, 1.165) is 38.2 Å². The van der Waals surface area contributed by atoms with Gasteiger partial charge in [0.2, 0.25) is 0 Å². The van der Waals surface area contributed by atoms with Gasteiger partial charge < -0.3 is 15.2 Å². The predicted molar refractivity (Wildman–Crippen MR) is 75.1 cm³/mol. The number of methoxy groups -OCH3 is 1. The zero-order valence-corrected chi connectivity index (χ0v) is 11.7. The van der Waals surface area contributed by atoms with E-state index in [9.17, 15) is 0 Å².